The molecule has 0 radical (unpaired) electrons. The molecule has 0 atom stereocenters. The Labute approximate surface area is 100 Å². The number of anilines is 1. The third-order valence-corrected chi connectivity index (χ3v) is 2.13. The molecule has 0 saturated heterocycles. The lowest BCUT2D eigenvalue weighted by atomic mass is 10.2. The highest BCUT2D eigenvalue weighted by atomic mass is 16.5. The number of amides is 1. The summed E-state index contributed by atoms with van der Waals surface area (Å²) in [6, 6.07) is 7.18. The van der Waals surface area contributed by atoms with Crippen LogP contribution < -0.4 is 5.32 Å². The van der Waals surface area contributed by atoms with Crippen LogP contribution >= 0.6 is 0 Å². The molecule has 0 bridgehead atoms. The molecule has 0 unspecified atom stereocenters. The highest BCUT2D eigenvalue weighted by molar-refractivity contribution is 5.90. The quantitative estimate of drug-likeness (QED) is 0.640. The molecular weight excluding hydrogens is 218 g/mol. The van der Waals surface area contributed by atoms with Crippen LogP contribution in [0.4, 0.5) is 5.69 Å². The Balaban J connectivity index is 2.65. The molecule has 0 fully saturated rings. The number of hydrogen-bond donors (Lipinski definition) is 1. The van der Waals surface area contributed by atoms with Gasteiger partial charge in [-0.3, -0.25) is 4.79 Å². The lowest BCUT2D eigenvalue weighted by molar-refractivity contribution is -0.134. The third-order valence-electron chi connectivity index (χ3n) is 2.13. The first-order valence-electron chi connectivity index (χ1n) is 5.31. The van der Waals surface area contributed by atoms with Gasteiger partial charge in [0.05, 0.1) is 7.11 Å². The average molecular weight is 233 g/mol. The van der Waals surface area contributed by atoms with Gasteiger partial charge in [-0.05, 0) is 23.8 Å². The first-order chi connectivity index (χ1) is 8.15. The van der Waals surface area contributed by atoms with E-state index in [-0.39, 0.29) is 5.91 Å². The van der Waals surface area contributed by atoms with Gasteiger partial charge in [0.15, 0.2) is 0 Å². The van der Waals surface area contributed by atoms with E-state index in [1.807, 2.05) is 12.1 Å². The summed E-state index contributed by atoms with van der Waals surface area (Å²) in [4.78, 5) is 22.0. The van der Waals surface area contributed by atoms with Gasteiger partial charge in [0.25, 0.3) is 0 Å². The SMILES string of the molecule is CCC(=O)Nc1ccc(/C=C/C(=O)OC)cc1. The minimum atomic E-state index is -0.395. The van der Waals surface area contributed by atoms with E-state index >= 15 is 0 Å². The smallest absolute Gasteiger partial charge is 0.330 e. The predicted octanol–water partition coefficient (Wildman–Crippen LogP) is 2.22. The van der Waals surface area contributed by atoms with Crippen molar-refractivity contribution in [1.29, 1.82) is 0 Å². The summed E-state index contributed by atoms with van der Waals surface area (Å²) < 4.78 is 4.48. The fourth-order valence-electron chi connectivity index (χ4n) is 1.16. The van der Waals surface area contributed by atoms with Crippen molar-refractivity contribution in [3.05, 3.63) is 35.9 Å². The Morgan fingerprint density at radius 2 is 1.94 bits per heavy atom. The first kappa shape index (κ1) is 13.0. The fraction of sp³-hybridized carbons (Fsp3) is 0.231. The van der Waals surface area contributed by atoms with Crippen LogP contribution in [-0.2, 0) is 14.3 Å². The van der Waals surface area contributed by atoms with Crippen LogP contribution in [0.15, 0.2) is 30.3 Å². The maximum atomic E-state index is 11.1. The number of benzene rings is 1. The lowest BCUT2D eigenvalue weighted by Gasteiger charge is -2.03. The maximum Gasteiger partial charge on any atom is 0.330 e. The summed E-state index contributed by atoms with van der Waals surface area (Å²) >= 11 is 0. The monoisotopic (exact) mass is 233 g/mol. The molecule has 0 aliphatic carbocycles. The summed E-state index contributed by atoms with van der Waals surface area (Å²) in [5.74, 6) is -0.420. The average Bonchev–Trinajstić information content (AvgIpc) is 2.37. The van der Waals surface area contributed by atoms with Gasteiger partial charge in [0, 0.05) is 18.2 Å². The summed E-state index contributed by atoms with van der Waals surface area (Å²) in [6.45, 7) is 1.79. The van der Waals surface area contributed by atoms with Crippen LogP contribution in [0.5, 0.6) is 0 Å². The summed E-state index contributed by atoms with van der Waals surface area (Å²) in [5.41, 5.74) is 1.61. The molecule has 1 rings (SSSR count). The maximum absolute atomic E-state index is 11.1. The van der Waals surface area contributed by atoms with E-state index in [1.54, 1.807) is 25.1 Å². The molecule has 0 aliphatic rings. The van der Waals surface area contributed by atoms with Crippen molar-refractivity contribution in [2.45, 2.75) is 13.3 Å². The van der Waals surface area contributed by atoms with Gasteiger partial charge < -0.3 is 10.1 Å². The summed E-state index contributed by atoms with van der Waals surface area (Å²) in [6.07, 6.45) is 3.45. The molecule has 0 saturated carbocycles. The van der Waals surface area contributed by atoms with E-state index in [2.05, 4.69) is 10.1 Å². The second-order valence-electron chi connectivity index (χ2n) is 3.38. The molecule has 1 amide bonds. The Hall–Kier alpha value is -2.10. The van der Waals surface area contributed by atoms with Gasteiger partial charge in [0.2, 0.25) is 5.91 Å². The van der Waals surface area contributed by atoms with Crippen LogP contribution in [0.25, 0.3) is 6.08 Å². The predicted molar refractivity (Wildman–Crippen MR) is 66.4 cm³/mol. The number of hydrogen-bond acceptors (Lipinski definition) is 3. The minimum absolute atomic E-state index is 0.0251. The Morgan fingerprint density at radius 3 is 2.47 bits per heavy atom. The molecule has 1 aromatic carbocycles. The zero-order chi connectivity index (χ0) is 12.7. The molecule has 90 valence electrons. The van der Waals surface area contributed by atoms with Crippen LogP contribution in [0.3, 0.4) is 0 Å². The zero-order valence-corrected chi connectivity index (χ0v) is 9.90. The fourth-order valence-corrected chi connectivity index (χ4v) is 1.16. The normalized spacial score (nSPS) is 10.2. The molecule has 4 heteroatoms. The molecule has 1 aromatic rings. The standard InChI is InChI=1S/C13H15NO3/c1-3-12(15)14-11-7-4-10(5-8-11)6-9-13(16)17-2/h4-9H,3H2,1-2H3,(H,14,15)/b9-6+. The molecule has 17 heavy (non-hydrogen) atoms. The van der Waals surface area contributed by atoms with Crippen LogP contribution in [-0.4, -0.2) is 19.0 Å². The van der Waals surface area contributed by atoms with E-state index in [4.69, 9.17) is 0 Å². The molecule has 0 aliphatic heterocycles. The lowest BCUT2D eigenvalue weighted by Crippen LogP contribution is -2.08. The molecule has 0 aromatic heterocycles. The second-order valence-corrected chi connectivity index (χ2v) is 3.38. The summed E-state index contributed by atoms with van der Waals surface area (Å²) in [5, 5.41) is 2.74. The molecule has 4 nitrogen and oxygen atoms in total. The highest BCUT2D eigenvalue weighted by Gasteiger charge is 1.98. The molecular formula is C13H15NO3. The first-order valence-corrected chi connectivity index (χ1v) is 5.31. The second kappa shape index (κ2) is 6.48. The van der Waals surface area contributed by atoms with Crippen molar-refractivity contribution in [3.8, 4) is 0 Å². The number of rotatable bonds is 4. The van der Waals surface area contributed by atoms with Crippen molar-refractivity contribution in [3.63, 3.8) is 0 Å². The number of esters is 1. The van der Waals surface area contributed by atoms with E-state index in [9.17, 15) is 9.59 Å². The third kappa shape index (κ3) is 4.51. The molecule has 1 N–H and O–H groups in total. The van der Waals surface area contributed by atoms with Crippen molar-refractivity contribution < 1.29 is 14.3 Å². The Kier molecular flexibility index (Phi) is 4.94. The van der Waals surface area contributed by atoms with E-state index < -0.39 is 5.97 Å². The van der Waals surface area contributed by atoms with Gasteiger partial charge in [0.1, 0.15) is 0 Å². The topological polar surface area (TPSA) is 55.4 Å². The Morgan fingerprint density at radius 1 is 1.29 bits per heavy atom. The van der Waals surface area contributed by atoms with Crippen molar-refractivity contribution >= 4 is 23.6 Å². The largest absolute Gasteiger partial charge is 0.466 e. The van der Waals surface area contributed by atoms with Crippen molar-refractivity contribution in [1.82, 2.24) is 0 Å². The van der Waals surface area contributed by atoms with E-state index in [0.717, 1.165) is 11.3 Å². The minimum Gasteiger partial charge on any atom is -0.466 e. The highest BCUT2D eigenvalue weighted by Crippen LogP contribution is 2.11. The number of ether oxygens (including phenoxy) is 1. The van der Waals surface area contributed by atoms with Gasteiger partial charge in [-0.1, -0.05) is 19.1 Å². The van der Waals surface area contributed by atoms with Crippen molar-refractivity contribution in [2.75, 3.05) is 12.4 Å². The van der Waals surface area contributed by atoms with Gasteiger partial charge in [-0.15, -0.1) is 0 Å². The van der Waals surface area contributed by atoms with Gasteiger partial charge >= 0.3 is 5.97 Å². The van der Waals surface area contributed by atoms with Gasteiger partial charge in [-0.2, -0.15) is 0 Å². The Bertz CT molecular complexity index is 421. The van der Waals surface area contributed by atoms with Crippen molar-refractivity contribution in [2.24, 2.45) is 0 Å². The number of methoxy groups -OCH3 is 1. The van der Waals surface area contributed by atoms with Gasteiger partial charge in [-0.25, -0.2) is 4.79 Å². The van der Waals surface area contributed by atoms with E-state index in [0.29, 0.717) is 6.42 Å². The molecule has 0 heterocycles. The number of carbonyl (C=O) groups excluding carboxylic acids is 2. The van der Waals surface area contributed by atoms with Crippen LogP contribution in [0.2, 0.25) is 0 Å². The molecule has 0 spiro atoms. The number of carbonyl (C=O) groups is 2. The number of nitrogens with one attached hydrogen (secondary N) is 1. The summed E-state index contributed by atoms with van der Waals surface area (Å²) in [7, 11) is 1.33. The van der Waals surface area contributed by atoms with Crippen LogP contribution in [0, 0.1) is 0 Å². The van der Waals surface area contributed by atoms with E-state index in [1.165, 1.54) is 13.2 Å². The van der Waals surface area contributed by atoms with Crippen LogP contribution in [0.1, 0.15) is 18.9 Å². The zero-order valence-electron chi connectivity index (χ0n) is 9.90.